The Morgan fingerprint density at radius 2 is 1.88 bits per heavy atom. The van der Waals surface area contributed by atoms with Crippen LogP contribution in [0.25, 0.3) is 0 Å². The fourth-order valence-electron chi connectivity index (χ4n) is 1.05. The number of hydrogen-bond donors (Lipinski definition) is 0. The number of carbonyl (C=O) groups is 1. The summed E-state index contributed by atoms with van der Waals surface area (Å²) in [5.41, 5.74) is 1.75. The molecule has 98 valence electrons. The van der Waals surface area contributed by atoms with E-state index >= 15 is 0 Å². The van der Waals surface area contributed by atoms with Crippen LogP contribution in [0.4, 0.5) is 13.2 Å². The fourth-order valence-corrected chi connectivity index (χ4v) is 1.05. The van der Waals surface area contributed by atoms with Crippen molar-refractivity contribution in [3.8, 4) is 0 Å². The van der Waals surface area contributed by atoms with Crippen molar-refractivity contribution in [2.24, 2.45) is 5.92 Å². The number of esters is 1. The molecule has 0 heterocycles. The van der Waals surface area contributed by atoms with Crippen LogP contribution in [0.5, 0.6) is 0 Å². The molecule has 0 amide bonds. The Balaban J connectivity index is 4.34. The van der Waals surface area contributed by atoms with E-state index in [1.807, 2.05) is 19.9 Å². The van der Waals surface area contributed by atoms with E-state index in [0.717, 1.165) is 5.57 Å². The third-order valence-corrected chi connectivity index (χ3v) is 2.15. The zero-order valence-electron chi connectivity index (χ0n) is 10.2. The molecule has 0 aromatic carbocycles. The first-order chi connectivity index (χ1) is 7.64. The molecule has 0 saturated heterocycles. The third kappa shape index (κ3) is 6.81. The lowest BCUT2D eigenvalue weighted by molar-refractivity contribution is -0.200. The van der Waals surface area contributed by atoms with E-state index < -0.39 is 12.1 Å². The molecule has 0 bridgehead atoms. The zero-order valence-corrected chi connectivity index (χ0v) is 10.2. The van der Waals surface area contributed by atoms with Crippen LogP contribution >= 0.6 is 0 Å². The number of hydrogen-bond acceptors (Lipinski definition) is 2. The average molecular weight is 250 g/mol. The Morgan fingerprint density at radius 3 is 2.24 bits per heavy atom. The van der Waals surface area contributed by atoms with Crippen molar-refractivity contribution in [1.29, 1.82) is 0 Å². The summed E-state index contributed by atoms with van der Waals surface area (Å²) in [7, 11) is 0. The van der Waals surface area contributed by atoms with Gasteiger partial charge in [-0.3, -0.25) is 0 Å². The summed E-state index contributed by atoms with van der Waals surface area (Å²) in [6.45, 7) is 8.85. The molecule has 0 fully saturated rings. The number of rotatable bonds is 5. The minimum atomic E-state index is -4.93. The van der Waals surface area contributed by atoms with Crippen molar-refractivity contribution >= 4 is 5.97 Å². The highest BCUT2D eigenvalue weighted by atomic mass is 19.4. The van der Waals surface area contributed by atoms with Crippen LogP contribution in [0, 0.1) is 5.92 Å². The summed E-state index contributed by atoms with van der Waals surface area (Å²) < 4.78 is 39.9. The number of carbonyl (C=O) groups excluding carboxylic acids is 1. The lowest BCUT2D eigenvalue weighted by atomic mass is 9.98. The first-order valence-corrected chi connectivity index (χ1v) is 5.17. The van der Waals surface area contributed by atoms with Crippen molar-refractivity contribution < 1.29 is 22.7 Å². The summed E-state index contributed by atoms with van der Waals surface area (Å²) in [5, 5.41) is 0. The molecule has 0 aromatic heterocycles. The minimum absolute atomic E-state index is 0.281. The Hall–Kier alpha value is -1.26. The summed E-state index contributed by atoms with van der Waals surface area (Å²) in [5.74, 6) is -2.43. The standard InChI is InChI=1S/C12H17F3O2/c1-8(2)5-6-10(9(3)4)7-17-11(16)12(13,14)15/h5,10H,3,6-7H2,1-2,4H3/t10-/m0/s1. The fraction of sp³-hybridized carbons (Fsp3) is 0.583. The molecule has 1 atom stereocenters. The van der Waals surface area contributed by atoms with E-state index in [0.29, 0.717) is 12.0 Å². The summed E-state index contributed by atoms with van der Waals surface area (Å²) in [6, 6.07) is 0. The molecule has 0 spiro atoms. The van der Waals surface area contributed by atoms with E-state index in [2.05, 4.69) is 11.3 Å². The van der Waals surface area contributed by atoms with Crippen LogP contribution in [0.15, 0.2) is 23.8 Å². The molecule has 0 rings (SSSR count). The van der Waals surface area contributed by atoms with Crippen LogP contribution in [0.3, 0.4) is 0 Å². The van der Waals surface area contributed by atoms with Crippen LogP contribution in [0.1, 0.15) is 27.2 Å². The van der Waals surface area contributed by atoms with Crippen molar-refractivity contribution in [2.45, 2.75) is 33.4 Å². The smallest absolute Gasteiger partial charge is 0.458 e. The lowest BCUT2D eigenvalue weighted by Crippen LogP contribution is -2.27. The lowest BCUT2D eigenvalue weighted by Gasteiger charge is -2.16. The average Bonchev–Trinajstić information content (AvgIpc) is 2.14. The maximum absolute atomic E-state index is 11.9. The van der Waals surface area contributed by atoms with E-state index in [9.17, 15) is 18.0 Å². The van der Waals surface area contributed by atoms with Gasteiger partial charge in [0.2, 0.25) is 0 Å². The molecule has 5 heteroatoms. The number of allylic oxidation sites excluding steroid dienone is 2. The molecule has 0 radical (unpaired) electrons. The Kier molecular flexibility index (Phi) is 5.99. The van der Waals surface area contributed by atoms with Gasteiger partial charge in [0.25, 0.3) is 0 Å². The summed E-state index contributed by atoms with van der Waals surface area (Å²) in [4.78, 5) is 10.5. The quantitative estimate of drug-likeness (QED) is 0.550. The molecule has 0 N–H and O–H groups in total. The normalized spacial score (nSPS) is 12.8. The molecule has 0 aliphatic rings. The van der Waals surface area contributed by atoms with Gasteiger partial charge in [-0.15, -0.1) is 0 Å². The van der Waals surface area contributed by atoms with Crippen molar-refractivity contribution in [2.75, 3.05) is 6.61 Å². The predicted octanol–water partition coefficient (Wildman–Crippen LogP) is 3.64. The Labute approximate surface area is 99.1 Å². The van der Waals surface area contributed by atoms with Gasteiger partial charge >= 0.3 is 12.1 Å². The minimum Gasteiger partial charge on any atom is -0.458 e. The first kappa shape index (κ1) is 15.7. The van der Waals surface area contributed by atoms with E-state index in [4.69, 9.17) is 0 Å². The maximum Gasteiger partial charge on any atom is 0.490 e. The highest BCUT2D eigenvalue weighted by Crippen LogP contribution is 2.20. The van der Waals surface area contributed by atoms with Crippen molar-refractivity contribution in [1.82, 2.24) is 0 Å². The van der Waals surface area contributed by atoms with Crippen LogP contribution in [0.2, 0.25) is 0 Å². The zero-order chi connectivity index (χ0) is 13.6. The van der Waals surface area contributed by atoms with Crippen molar-refractivity contribution in [3.05, 3.63) is 23.8 Å². The van der Waals surface area contributed by atoms with Gasteiger partial charge in [-0.05, 0) is 27.2 Å². The summed E-state index contributed by atoms with van der Waals surface area (Å²) in [6.07, 6.45) is -2.54. The Morgan fingerprint density at radius 1 is 1.35 bits per heavy atom. The van der Waals surface area contributed by atoms with Crippen molar-refractivity contribution in [3.63, 3.8) is 0 Å². The van der Waals surface area contributed by atoms with Gasteiger partial charge in [-0.1, -0.05) is 23.8 Å². The van der Waals surface area contributed by atoms with E-state index in [-0.39, 0.29) is 12.5 Å². The maximum atomic E-state index is 11.9. The van der Waals surface area contributed by atoms with E-state index in [1.165, 1.54) is 0 Å². The largest absolute Gasteiger partial charge is 0.490 e. The van der Waals surface area contributed by atoms with Gasteiger partial charge in [-0.2, -0.15) is 13.2 Å². The molecule has 0 aromatic rings. The van der Waals surface area contributed by atoms with Gasteiger partial charge < -0.3 is 4.74 Å². The van der Waals surface area contributed by atoms with Crippen LogP contribution in [-0.4, -0.2) is 18.8 Å². The monoisotopic (exact) mass is 250 g/mol. The topological polar surface area (TPSA) is 26.3 Å². The number of ether oxygens (including phenoxy) is 1. The molecule has 2 nitrogen and oxygen atoms in total. The third-order valence-electron chi connectivity index (χ3n) is 2.15. The van der Waals surface area contributed by atoms with E-state index in [1.54, 1.807) is 6.92 Å². The molecule has 0 saturated carbocycles. The van der Waals surface area contributed by atoms with Gasteiger partial charge in [0.1, 0.15) is 0 Å². The molecule has 0 aliphatic carbocycles. The molecule has 0 aliphatic heterocycles. The van der Waals surface area contributed by atoms with Gasteiger partial charge in [-0.25, -0.2) is 4.79 Å². The van der Waals surface area contributed by atoms with Gasteiger partial charge in [0.05, 0.1) is 6.61 Å². The van der Waals surface area contributed by atoms with Gasteiger partial charge in [0, 0.05) is 5.92 Å². The molecule has 17 heavy (non-hydrogen) atoms. The SMILES string of the molecule is C=C(C)[C@@H](CC=C(C)C)COC(=O)C(F)(F)F. The van der Waals surface area contributed by atoms with Crippen LogP contribution < -0.4 is 0 Å². The first-order valence-electron chi connectivity index (χ1n) is 5.17. The second-order valence-electron chi connectivity index (χ2n) is 4.16. The second kappa shape index (κ2) is 6.47. The number of halogens is 3. The molecular formula is C12H17F3O2. The number of alkyl halides is 3. The second-order valence-corrected chi connectivity index (χ2v) is 4.16. The Bertz CT molecular complexity index is 312. The predicted molar refractivity (Wildman–Crippen MR) is 59.4 cm³/mol. The van der Waals surface area contributed by atoms with Gasteiger partial charge in [0.15, 0.2) is 0 Å². The summed E-state index contributed by atoms with van der Waals surface area (Å²) >= 11 is 0. The highest BCUT2D eigenvalue weighted by Gasteiger charge is 2.41. The highest BCUT2D eigenvalue weighted by molar-refractivity contribution is 5.75. The molecular weight excluding hydrogens is 233 g/mol. The molecule has 0 unspecified atom stereocenters. The van der Waals surface area contributed by atoms with Crippen LogP contribution in [-0.2, 0) is 9.53 Å².